The zero-order valence-electron chi connectivity index (χ0n) is 32.6. The number of aromatic nitrogens is 1. The van der Waals surface area contributed by atoms with Gasteiger partial charge in [0.1, 0.15) is 11.3 Å². The van der Waals surface area contributed by atoms with Gasteiger partial charge in [-0.05, 0) is 93.3 Å². The van der Waals surface area contributed by atoms with E-state index in [0.29, 0.717) is 55.5 Å². The molecule has 0 saturated carbocycles. The molecule has 0 bridgehead atoms. The van der Waals surface area contributed by atoms with Crippen molar-refractivity contribution in [3.05, 3.63) is 83.3 Å². The highest BCUT2D eigenvalue weighted by Crippen LogP contribution is 2.39. The number of carbonyl (C=O) groups excluding carboxylic acids is 2. The number of amidine groups is 1. The molecule has 0 spiro atoms. The van der Waals surface area contributed by atoms with Gasteiger partial charge in [-0.2, -0.15) is 0 Å². The predicted molar refractivity (Wildman–Crippen MR) is 214 cm³/mol. The number of amides is 2. The quantitative estimate of drug-likeness (QED) is 0.127. The minimum atomic E-state index is -3.65. The van der Waals surface area contributed by atoms with Gasteiger partial charge in [-0.15, -0.1) is 0 Å². The van der Waals surface area contributed by atoms with Crippen LogP contribution in [0, 0.1) is 12.8 Å². The minimum Gasteiger partial charge on any atom is -0.492 e. The average Bonchev–Trinajstić information content (AvgIpc) is 3.30. The Bertz CT molecular complexity index is 2020. The van der Waals surface area contributed by atoms with Gasteiger partial charge >= 0.3 is 6.09 Å². The van der Waals surface area contributed by atoms with Gasteiger partial charge < -0.3 is 35.5 Å². The zero-order valence-corrected chi connectivity index (χ0v) is 33.4. The summed E-state index contributed by atoms with van der Waals surface area (Å²) in [5, 5.41) is 5.96. The molecule has 2 heterocycles. The Hall–Kier alpha value is -5.15. The van der Waals surface area contributed by atoms with Crippen LogP contribution in [0.25, 0.3) is 0 Å². The summed E-state index contributed by atoms with van der Waals surface area (Å²) in [5.74, 6) is -0.252. The Balaban J connectivity index is 1.64. The van der Waals surface area contributed by atoms with Crippen LogP contribution in [0.2, 0.25) is 0 Å². The van der Waals surface area contributed by atoms with Gasteiger partial charge in [0.2, 0.25) is 10.0 Å². The lowest BCUT2D eigenvalue weighted by atomic mass is 9.86. The predicted octanol–water partition coefficient (Wildman–Crippen LogP) is 6.34. The van der Waals surface area contributed by atoms with Gasteiger partial charge in [0.05, 0.1) is 49.3 Å². The lowest BCUT2D eigenvalue weighted by molar-refractivity contribution is 0.0233. The van der Waals surface area contributed by atoms with Crippen LogP contribution in [0.15, 0.2) is 60.2 Å². The van der Waals surface area contributed by atoms with Gasteiger partial charge in [-0.25, -0.2) is 23.2 Å². The fourth-order valence-electron chi connectivity index (χ4n) is 5.73. The maximum absolute atomic E-state index is 13.7. The van der Waals surface area contributed by atoms with E-state index in [1.54, 1.807) is 35.2 Å². The van der Waals surface area contributed by atoms with Gasteiger partial charge in [-0.1, -0.05) is 33.4 Å². The number of hydrogen-bond donors (Lipinski definition) is 4. The van der Waals surface area contributed by atoms with Crippen molar-refractivity contribution in [2.24, 2.45) is 16.6 Å². The molecule has 1 fully saturated rings. The van der Waals surface area contributed by atoms with E-state index in [0.717, 1.165) is 23.1 Å². The van der Waals surface area contributed by atoms with E-state index < -0.39 is 21.5 Å². The largest absolute Gasteiger partial charge is 0.492 e. The summed E-state index contributed by atoms with van der Waals surface area (Å²) in [6, 6.07) is 12.2. The fraction of sp³-hybridized carbons (Fsp3) is 0.436. The van der Waals surface area contributed by atoms with Crippen LogP contribution in [0.4, 0.5) is 27.5 Å². The summed E-state index contributed by atoms with van der Waals surface area (Å²) < 4.78 is 43.9. The van der Waals surface area contributed by atoms with Crippen LogP contribution in [-0.2, 0) is 31.3 Å². The van der Waals surface area contributed by atoms with Crippen LogP contribution in [-0.4, -0.2) is 81.4 Å². The number of nitrogens with zero attached hydrogens (tertiary/aromatic N) is 3. The zero-order chi connectivity index (χ0) is 40.0. The second kappa shape index (κ2) is 16.9. The van der Waals surface area contributed by atoms with Gasteiger partial charge in [0, 0.05) is 30.3 Å². The number of carbonyl (C=O) groups is 2. The fourth-order valence-corrected chi connectivity index (χ4v) is 6.28. The number of pyridine rings is 1. The Labute approximate surface area is 318 Å². The van der Waals surface area contributed by atoms with Crippen molar-refractivity contribution in [3.8, 4) is 5.75 Å². The third-order valence-electron chi connectivity index (χ3n) is 8.36. The summed E-state index contributed by atoms with van der Waals surface area (Å²) in [7, 11) is -2.25. The second-order valence-electron chi connectivity index (χ2n) is 15.3. The number of rotatable bonds is 11. The molecule has 1 aromatic heterocycles. The maximum atomic E-state index is 13.7. The molecule has 1 aliphatic rings. The van der Waals surface area contributed by atoms with Crippen molar-refractivity contribution in [3.63, 3.8) is 0 Å². The highest BCUT2D eigenvalue weighted by atomic mass is 32.2. The normalized spacial score (nSPS) is 15.5. The van der Waals surface area contributed by atoms with E-state index in [2.05, 4.69) is 21.9 Å². The van der Waals surface area contributed by atoms with E-state index in [1.807, 2.05) is 60.6 Å². The van der Waals surface area contributed by atoms with Crippen LogP contribution < -0.4 is 25.8 Å². The van der Waals surface area contributed by atoms with Crippen molar-refractivity contribution in [1.29, 1.82) is 0 Å². The summed E-state index contributed by atoms with van der Waals surface area (Å²) in [5.41, 5.74) is 10.1. The number of nitrogens with one attached hydrogen (secondary N) is 3. The smallest absolute Gasteiger partial charge is 0.410 e. The molecular weight excluding hydrogens is 711 g/mol. The topological polar surface area (TPSA) is 187 Å². The molecule has 15 heteroatoms. The summed E-state index contributed by atoms with van der Waals surface area (Å²) in [6.07, 6.45) is 2.68. The molecule has 14 nitrogen and oxygen atoms in total. The first-order valence-corrected chi connectivity index (χ1v) is 19.5. The van der Waals surface area contributed by atoms with Crippen molar-refractivity contribution in [2.45, 2.75) is 65.9 Å². The minimum absolute atomic E-state index is 0.0462. The molecule has 3 aromatic rings. The standard InChI is InChI=1S/C39H53N7O7S/c1-11-41-29-15-14-28(18-25-22-46(16-17-52-23-25)37(48)53-39(6,7)8)42-33(29)35(40)43-30-19-26(13-12-24(30)2)36(47)44-31-20-27(38(3,4)5)21-32(34(31)51-9)45-54(10,49)50/h11-15,19-21,25,41,45H,1,16-18,22-23H2,2-10H3,(H2,40,43)(H,44,47). The molecule has 2 amide bonds. The van der Waals surface area contributed by atoms with Crippen LogP contribution >= 0.6 is 0 Å². The summed E-state index contributed by atoms with van der Waals surface area (Å²) >= 11 is 0. The van der Waals surface area contributed by atoms with Crippen molar-refractivity contribution in [2.75, 3.05) is 55.0 Å². The Morgan fingerprint density at radius 3 is 2.43 bits per heavy atom. The monoisotopic (exact) mass is 763 g/mol. The number of benzene rings is 2. The van der Waals surface area contributed by atoms with Crippen LogP contribution in [0.1, 0.15) is 74.4 Å². The molecule has 1 saturated heterocycles. The summed E-state index contributed by atoms with van der Waals surface area (Å²) in [4.78, 5) is 37.8. The van der Waals surface area contributed by atoms with Crippen LogP contribution in [0.3, 0.4) is 0 Å². The maximum Gasteiger partial charge on any atom is 0.410 e. The molecule has 5 N–H and O–H groups in total. The molecule has 2 aromatic carbocycles. The molecule has 292 valence electrons. The van der Waals surface area contributed by atoms with Gasteiger partial charge in [0.25, 0.3) is 5.91 Å². The van der Waals surface area contributed by atoms with Gasteiger partial charge in [-0.3, -0.25) is 9.52 Å². The lowest BCUT2D eigenvalue weighted by Crippen LogP contribution is -2.40. The van der Waals surface area contributed by atoms with E-state index >= 15 is 0 Å². The molecule has 1 atom stereocenters. The second-order valence-corrected chi connectivity index (χ2v) is 17.0. The third kappa shape index (κ3) is 11.4. The molecule has 1 aliphatic heterocycles. The molecule has 54 heavy (non-hydrogen) atoms. The number of aryl methyl sites for hydroxylation is 1. The number of anilines is 3. The van der Waals surface area contributed by atoms with Crippen LogP contribution in [0.5, 0.6) is 5.75 Å². The third-order valence-corrected chi connectivity index (χ3v) is 8.95. The molecule has 1 unspecified atom stereocenters. The Morgan fingerprint density at radius 1 is 1.09 bits per heavy atom. The lowest BCUT2D eigenvalue weighted by Gasteiger charge is -2.27. The number of methoxy groups -OCH3 is 1. The molecule has 0 radical (unpaired) electrons. The van der Waals surface area contributed by atoms with E-state index in [9.17, 15) is 18.0 Å². The molecule has 0 aliphatic carbocycles. The van der Waals surface area contributed by atoms with E-state index in [1.165, 1.54) is 13.3 Å². The first kappa shape index (κ1) is 41.6. The first-order valence-electron chi connectivity index (χ1n) is 17.6. The number of hydrogen-bond acceptors (Lipinski definition) is 10. The number of nitrogens with two attached hydrogens (primary N) is 1. The van der Waals surface area contributed by atoms with E-state index in [4.69, 9.17) is 29.9 Å². The Kier molecular flexibility index (Phi) is 13.0. The summed E-state index contributed by atoms with van der Waals surface area (Å²) in [6.45, 7) is 18.8. The number of aliphatic imine (C=N–C) groups is 1. The highest BCUT2D eigenvalue weighted by Gasteiger charge is 2.28. The van der Waals surface area contributed by atoms with Crippen molar-refractivity contribution >= 4 is 50.6 Å². The van der Waals surface area contributed by atoms with Gasteiger partial charge in [0.15, 0.2) is 11.6 Å². The van der Waals surface area contributed by atoms with Crippen molar-refractivity contribution in [1.82, 2.24) is 9.88 Å². The number of ether oxygens (including phenoxy) is 3. The number of sulfonamides is 1. The molecular formula is C39H53N7O7S. The first-order chi connectivity index (χ1) is 25.2. The van der Waals surface area contributed by atoms with Crippen molar-refractivity contribution < 1.29 is 32.2 Å². The SMILES string of the molecule is C=CNc1ccc(CC2COCCN(C(=O)OC(C)(C)C)C2)nc1C(N)=Nc1cc(C(=O)Nc2cc(C(C)(C)C)cc(NS(C)(=O)=O)c2OC)ccc1C. The van der Waals surface area contributed by atoms with E-state index in [-0.39, 0.29) is 40.3 Å². The average molecular weight is 764 g/mol. The highest BCUT2D eigenvalue weighted by molar-refractivity contribution is 7.92. The Morgan fingerprint density at radius 2 is 1.80 bits per heavy atom. The molecule has 4 rings (SSSR count).